The quantitative estimate of drug-likeness (QED) is 0.826. The Bertz CT molecular complexity index is 395. The van der Waals surface area contributed by atoms with Gasteiger partial charge in [0.15, 0.2) is 0 Å². The Kier molecular flexibility index (Phi) is 2.94. The summed E-state index contributed by atoms with van der Waals surface area (Å²) in [5.41, 5.74) is 1.87. The molecule has 1 aliphatic rings. The van der Waals surface area contributed by atoms with E-state index < -0.39 is 0 Å². The fourth-order valence-electron chi connectivity index (χ4n) is 1.87. The first-order valence-corrected chi connectivity index (χ1v) is 5.73. The number of carbonyl (C=O) groups is 1. The number of hydrogen-bond donors (Lipinski definition) is 1. The molecule has 0 radical (unpaired) electrons. The van der Waals surface area contributed by atoms with Gasteiger partial charge in [0.2, 0.25) is 5.91 Å². The average Bonchev–Trinajstić information content (AvgIpc) is 3.04. The second-order valence-electron chi connectivity index (χ2n) is 4.51. The monoisotopic (exact) mass is 222 g/mol. The molecule has 1 N–H and O–H groups in total. The summed E-state index contributed by atoms with van der Waals surface area (Å²) in [5.74, 6) is 0.714. The summed E-state index contributed by atoms with van der Waals surface area (Å²) in [6.07, 6.45) is 3.35. The number of nitrogens with one attached hydrogen (secondary N) is 1. The van der Waals surface area contributed by atoms with Gasteiger partial charge in [-0.2, -0.15) is 0 Å². The number of hydrogen-bond acceptors (Lipinski definition) is 3. The van der Waals surface area contributed by atoms with Gasteiger partial charge in [0.25, 0.3) is 0 Å². The predicted octanol–water partition coefficient (Wildman–Crippen LogP) is 0.982. The summed E-state index contributed by atoms with van der Waals surface area (Å²) in [7, 11) is 1.67. The predicted molar refractivity (Wildman–Crippen MR) is 59.9 cm³/mol. The first-order valence-electron chi connectivity index (χ1n) is 5.73. The van der Waals surface area contributed by atoms with E-state index in [1.165, 1.54) is 12.8 Å². The second-order valence-corrected chi connectivity index (χ2v) is 4.51. The number of amides is 1. The molecule has 1 aromatic rings. The van der Waals surface area contributed by atoms with Crippen molar-refractivity contribution < 1.29 is 4.79 Å². The van der Waals surface area contributed by atoms with Crippen molar-refractivity contribution in [3.8, 4) is 0 Å². The van der Waals surface area contributed by atoms with E-state index in [0.717, 1.165) is 17.8 Å². The van der Waals surface area contributed by atoms with Crippen molar-refractivity contribution in [2.45, 2.75) is 39.2 Å². The third-order valence-electron chi connectivity index (χ3n) is 3.26. The van der Waals surface area contributed by atoms with Crippen molar-refractivity contribution in [3.63, 3.8) is 0 Å². The normalized spacial score (nSPS) is 17.2. The first kappa shape index (κ1) is 11.1. The molecule has 16 heavy (non-hydrogen) atoms. The van der Waals surface area contributed by atoms with Gasteiger partial charge in [0.05, 0.1) is 11.4 Å². The van der Waals surface area contributed by atoms with Crippen LogP contribution in [0.3, 0.4) is 0 Å². The van der Waals surface area contributed by atoms with Gasteiger partial charge in [-0.3, -0.25) is 4.79 Å². The molecular weight excluding hydrogens is 204 g/mol. The summed E-state index contributed by atoms with van der Waals surface area (Å²) in [5, 5.41) is 10.8. The Labute approximate surface area is 95.2 Å². The maximum atomic E-state index is 11.8. The van der Waals surface area contributed by atoms with Crippen LogP contribution in [0, 0.1) is 19.8 Å². The van der Waals surface area contributed by atoms with Crippen LogP contribution in [-0.4, -0.2) is 27.9 Å². The molecule has 0 saturated heterocycles. The van der Waals surface area contributed by atoms with Crippen LogP contribution in [0.4, 0.5) is 0 Å². The van der Waals surface area contributed by atoms with E-state index in [-0.39, 0.29) is 11.9 Å². The van der Waals surface area contributed by atoms with E-state index in [9.17, 15) is 4.79 Å². The van der Waals surface area contributed by atoms with Gasteiger partial charge >= 0.3 is 0 Å². The van der Waals surface area contributed by atoms with Crippen molar-refractivity contribution >= 4 is 5.91 Å². The zero-order chi connectivity index (χ0) is 11.7. The fraction of sp³-hybridized carbons (Fsp3) is 0.727. The van der Waals surface area contributed by atoms with Crippen LogP contribution in [0.1, 0.15) is 36.7 Å². The van der Waals surface area contributed by atoms with Crippen molar-refractivity contribution in [2.24, 2.45) is 5.92 Å². The molecule has 5 nitrogen and oxygen atoms in total. The van der Waals surface area contributed by atoms with Crippen molar-refractivity contribution in [1.82, 2.24) is 20.3 Å². The largest absolute Gasteiger partial charge is 0.357 e. The SMILES string of the molecule is CNC(=O)C(CC1CC1)n1nnc(C)c1C. The molecule has 5 heteroatoms. The number of rotatable bonds is 4. The van der Waals surface area contributed by atoms with Crippen LogP contribution < -0.4 is 5.32 Å². The molecule has 0 spiro atoms. The van der Waals surface area contributed by atoms with Crippen molar-refractivity contribution in [1.29, 1.82) is 0 Å². The molecule has 1 saturated carbocycles. The van der Waals surface area contributed by atoms with Crippen LogP contribution >= 0.6 is 0 Å². The molecule has 1 aromatic heterocycles. The van der Waals surface area contributed by atoms with Crippen LogP contribution in [0.15, 0.2) is 0 Å². The van der Waals surface area contributed by atoms with E-state index >= 15 is 0 Å². The standard InChI is InChI=1S/C11H18N4O/c1-7-8(2)15(14-13-7)10(11(16)12-3)6-9-4-5-9/h9-10H,4-6H2,1-3H3,(H,12,16). The highest BCUT2D eigenvalue weighted by molar-refractivity contribution is 5.80. The maximum absolute atomic E-state index is 11.8. The lowest BCUT2D eigenvalue weighted by Gasteiger charge is -2.16. The Morgan fingerprint density at radius 1 is 1.56 bits per heavy atom. The molecule has 0 aromatic carbocycles. The summed E-state index contributed by atoms with van der Waals surface area (Å²) in [6, 6.07) is -0.196. The minimum Gasteiger partial charge on any atom is -0.357 e. The lowest BCUT2D eigenvalue weighted by molar-refractivity contribution is -0.124. The smallest absolute Gasteiger partial charge is 0.244 e. The molecule has 1 amide bonds. The van der Waals surface area contributed by atoms with E-state index in [2.05, 4.69) is 15.6 Å². The van der Waals surface area contributed by atoms with Crippen LogP contribution in [-0.2, 0) is 4.79 Å². The Balaban J connectivity index is 2.22. The Morgan fingerprint density at radius 3 is 2.69 bits per heavy atom. The van der Waals surface area contributed by atoms with Crippen molar-refractivity contribution in [3.05, 3.63) is 11.4 Å². The first-order chi connectivity index (χ1) is 7.63. The van der Waals surface area contributed by atoms with Gasteiger partial charge < -0.3 is 5.32 Å². The summed E-state index contributed by atoms with van der Waals surface area (Å²) < 4.78 is 1.76. The highest BCUT2D eigenvalue weighted by atomic mass is 16.2. The molecule has 1 fully saturated rings. The third kappa shape index (κ3) is 2.08. The zero-order valence-corrected chi connectivity index (χ0v) is 10.0. The highest BCUT2D eigenvalue weighted by Gasteiger charge is 2.31. The van der Waals surface area contributed by atoms with Crippen molar-refractivity contribution in [2.75, 3.05) is 7.05 Å². The van der Waals surface area contributed by atoms with E-state index in [1.807, 2.05) is 13.8 Å². The minimum atomic E-state index is -0.196. The minimum absolute atomic E-state index is 0.0277. The molecule has 2 rings (SSSR count). The molecule has 1 atom stereocenters. The number of aromatic nitrogens is 3. The maximum Gasteiger partial charge on any atom is 0.244 e. The topological polar surface area (TPSA) is 59.8 Å². The van der Waals surface area contributed by atoms with E-state index in [4.69, 9.17) is 0 Å². The summed E-state index contributed by atoms with van der Waals surface area (Å²) in [4.78, 5) is 11.8. The lowest BCUT2D eigenvalue weighted by atomic mass is 10.1. The van der Waals surface area contributed by atoms with Gasteiger partial charge in [-0.05, 0) is 26.2 Å². The molecule has 1 heterocycles. The zero-order valence-electron chi connectivity index (χ0n) is 10.0. The molecule has 0 aliphatic heterocycles. The number of aryl methyl sites for hydroxylation is 1. The fourth-order valence-corrected chi connectivity index (χ4v) is 1.87. The van der Waals surface area contributed by atoms with Crippen LogP contribution in [0.25, 0.3) is 0 Å². The van der Waals surface area contributed by atoms with Gasteiger partial charge in [0, 0.05) is 7.05 Å². The number of likely N-dealkylation sites (N-methyl/N-ethyl adjacent to an activating group) is 1. The average molecular weight is 222 g/mol. The molecule has 1 unspecified atom stereocenters. The Morgan fingerprint density at radius 2 is 2.25 bits per heavy atom. The molecule has 1 aliphatic carbocycles. The van der Waals surface area contributed by atoms with E-state index in [1.54, 1.807) is 11.7 Å². The number of carbonyl (C=O) groups excluding carboxylic acids is 1. The van der Waals surface area contributed by atoms with Crippen LogP contribution in [0.5, 0.6) is 0 Å². The second kappa shape index (κ2) is 4.23. The highest BCUT2D eigenvalue weighted by Crippen LogP contribution is 2.37. The van der Waals surface area contributed by atoms with Gasteiger partial charge in [-0.25, -0.2) is 4.68 Å². The van der Waals surface area contributed by atoms with Gasteiger partial charge in [0.1, 0.15) is 6.04 Å². The molecule has 0 bridgehead atoms. The number of nitrogens with zero attached hydrogens (tertiary/aromatic N) is 3. The lowest BCUT2D eigenvalue weighted by Crippen LogP contribution is -2.31. The summed E-state index contributed by atoms with van der Waals surface area (Å²) in [6.45, 7) is 3.87. The third-order valence-corrected chi connectivity index (χ3v) is 3.26. The Hall–Kier alpha value is -1.39. The van der Waals surface area contributed by atoms with E-state index in [0.29, 0.717) is 5.92 Å². The van der Waals surface area contributed by atoms with Gasteiger partial charge in [-0.1, -0.05) is 18.1 Å². The molecule has 88 valence electrons. The van der Waals surface area contributed by atoms with Crippen LogP contribution in [0.2, 0.25) is 0 Å². The molecular formula is C11H18N4O. The van der Waals surface area contributed by atoms with Gasteiger partial charge in [-0.15, -0.1) is 5.10 Å². The summed E-state index contributed by atoms with van der Waals surface area (Å²) >= 11 is 0.